The van der Waals surface area contributed by atoms with Gasteiger partial charge in [-0.05, 0) is 50.3 Å². The number of anilines is 1. The summed E-state index contributed by atoms with van der Waals surface area (Å²) in [5.74, 6) is 1.50. The van der Waals surface area contributed by atoms with E-state index in [0.717, 1.165) is 57.8 Å². The molecule has 2 fully saturated rings. The summed E-state index contributed by atoms with van der Waals surface area (Å²) in [7, 11) is 4.11. The fraction of sp³-hybridized carbons (Fsp3) is 0.667. The highest BCUT2D eigenvalue weighted by Gasteiger charge is 2.31. The van der Waals surface area contributed by atoms with Gasteiger partial charge in [0.1, 0.15) is 0 Å². The molecule has 1 amide bonds. The molecule has 0 aromatic heterocycles. The summed E-state index contributed by atoms with van der Waals surface area (Å²) in [4.78, 5) is 21.8. The summed E-state index contributed by atoms with van der Waals surface area (Å²) >= 11 is 0. The van der Waals surface area contributed by atoms with E-state index in [1.807, 2.05) is 0 Å². The summed E-state index contributed by atoms with van der Waals surface area (Å²) in [6.45, 7) is 5.33. The van der Waals surface area contributed by atoms with Crippen molar-refractivity contribution in [2.24, 2.45) is 10.9 Å². The molecular formula is C24H40IN5O. The molecule has 1 heterocycles. The Balaban J connectivity index is 0.00000341. The minimum atomic E-state index is 0. The van der Waals surface area contributed by atoms with Crippen molar-refractivity contribution >= 4 is 41.5 Å². The summed E-state index contributed by atoms with van der Waals surface area (Å²) < 4.78 is 0. The highest BCUT2D eigenvalue weighted by atomic mass is 127. The third-order valence-electron chi connectivity index (χ3n) is 6.26. The van der Waals surface area contributed by atoms with E-state index in [2.05, 4.69) is 65.7 Å². The smallest absolute Gasteiger partial charge is 0.225 e. The minimum Gasteiger partial charge on any atom is -0.378 e. The van der Waals surface area contributed by atoms with Crippen LogP contribution < -0.4 is 15.5 Å². The van der Waals surface area contributed by atoms with Crippen LogP contribution in [-0.4, -0.2) is 63.1 Å². The second-order valence-electron chi connectivity index (χ2n) is 8.82. The molecule has 0 spiro atoms. The second-order valence-corrected chi connectivity index (χ2v) is 8.82. The first-order valence-corrected chi connectivity index (χ1v) is 11.7. The monoisotopic (exact) mass is 541 g/mol. The normalized spacial score (nSPS) is 19.6. The number of nitrogens with one attached hydrogen (secondary N) is 2. The molecule has 0 bridgehead atoms. The largest absolute Gasteiger partial charge is 0.378 e. The Morgan fingerprint density at radius 2 is 1.84 bits per heavy atom. The molecular weight excluding hydrogens is 501 g/mol. The SMILES string of the molecule is CCNC(=NCCc1ccc(N(C)C)cc1)NC1CCN(C(=O)C2CCCCC2)C1.I. The fourth-order valence-electron chi connectivity index (χ4n) is 4.46. The van der Waals surface area contributed by atoms with Crippen LogP contribution in [0.1, 0.15) is 51.0 Å². The van der Waals surface area contributed by atoms with Gasteiger partial charge in [0, 0.05) is 57.9 Å². The maximum absolute atomic E-state index is 12.8. The van der Waals surface area contributed by atoms with Gasteiger partial charge in [-0.3, -0.25) is 9.79 Å². The van der Waals surface area contributed by atoms with Gasteiger partial charge in [-0.2, -0.15) is 0 Å². The quantitative estimate of drug-likeness (QED) is 0.315. The average Bonchev–Trinajstić information content (AvgIpc) is 3.23. The van der Waals surface area contributed by atoms with Gasteiger partial charge >= 0.3 is 0 Å². The average molecular weight is 542 g/mol. The number of guanidine groups is 1. The zero-order valence-electron chi connectivity index (χ0n) is 19.4. The molecule has 0 radical (unpaired) electrons. The summed E-state index contributed by atoms with van der Waals surface area (Å²) in [6, 6.07) is 8.95. The van der Waals surface area contributed by atoms with Gasteiger partial charge in [0.05, 0.1) is 0 Å². The molecule has 7 heteroatoms. The molecule has 31 heavy (non-hydrogen) atoms. The number of likely N-dealkylation sites (tertiary alicyclic amines) is 1. The van der Waals surface area contributed by atoms with Crippen LogP contribution in [0.4, 0.5) is 5.69 Å². The molecule has 2 aliphatic rings. The Bertz CT molecular complexity index is 700. The number of hydrogen-bond acceptors (Lipinski definition) is 3. The molecule has 3 rings (SSSR count). The van der Waals surface area contributed by atoms with E-state index in [-0.39, 0.29) is 35.9 Å². The van der Waals surface area contributed by atoms with Crippen molar-refractivity contribution < 1.29 is 4.79 Å². The topological polar surface area (TPSA) is 60.0 Å². The number of amides is 1. The van der Waals surface area contributed by atoms with Crippen LogP contribution in [-0.2, 0) is 11.2 Å². The van der Waals surface area contributed by atoms with E-state index in [0.29, 0.717) is 5.91 Å². The van der Waals surface area contributed by atoms with Crippen molar-refractivity contribution in [2.45, 2.75) is 57.9 Å². The zero-order valence-corrected chi connectivity index (χ0v) is 21.7. The van der Waals surface area contributed by atoms with Crippen LogP contribution in [0.15, 0.2) is 29.3 Å². The predicted molar refractivity (Wildman–Crippen MR) is 141 cm³/mol. The van der Waals surface area contributed by atoms with Gasteiger partial charge < -0.3 is 20.4 Å². The summed E-state index contributed by atoms with van der Waals surface area (Å²) in [5.41, 5.74) is 2.51. The van der Waals surface area contributed by atoms with E-state index in [9.17, 15) is 4.79 Å². The number of halogens is 1. The van der Waals surface area contributed by atoms with E-state index < -0.39 is 0 Å². The lowest BCUT2D eigenvalue weighted by molar-refractivity contribution is -0.135. The molecule has 2 N–H and O–H groups in total. The second kappa shape index (κ2) is 13.1. The number of carbonyl (C=O) groups excluding carboxylic acids is 1. The van der Waals surface area contributed by atoms with Gasteiger partial charge in [0.25, 0.3) is 0 Å². The minimum absolute atomic E-state index is 0. The molecule has 1 aromatic carbocycles. The van der Waals surface area contributed by atoms with Crippen LogP contribution in [0.5, 0.6) is 0 Å². The number of aliphatic imine (C=N–C) groups is 1. The van der Waals surface area contributed by atoms with Crippen molar-refractivity contribution in [1.82, 2.24) is 15.5 Å². The lowest BCUT2D eigenvalue weighted by atomic mass is 9.88. The Hall–Kier alpha value is -1.51. The van der Waals surface area contributed by atoms with E-state index in [1.54, 1.807) is 0 Å². The first kappa shape index (κ1) is 25.7. The lowest BCUT2D eigenvalue weighted by Gasteiger charge is -2.26. The summed E-state index contributed by atoms with van der Waals surface area (Å²) in [5, 5.41) is 6.91. The molecule has 174 valence electrons. The van der Waals surface area contributed by atoms with Crippen molar-refractivity contribution in [2.75, 3.05) is 45.2 Å². The van der Waals surface area contributed by atoms with E-state index in [4.69, 9.17) is 4.99 Å². The third-order valence-corrected chi connectivity index (χ3v) is 6.26. The highest BCUT2D eigenvalue weighted by Crippen LogP contribution is 2.26. The Morgan fingerprint density at radius 3 is 2.48 bits per heavy atom. The van der Waals surface area contributed by atoms with Crippen molar-refractivity contribution in [1.29, 1.82) is 0 Å². The van der Waals surface area contributed by atoms with Crippen molar-refractivity contribution in [3.8, 4) is 0 Å². The van der Waals surface area contributed by atoms with Crippen LogP contribution in [0, 0.1) is 5.92 Å². The highest BCUT2D eigenvalue weighted by molar-refractivity contribution is 14.0. The first-order chi connectivity index (χ1) is 14.6. The number of benzene rings is 1. The maximum atomic E-state index is 12.8. The van der Waals surface area contributed by atoms with Crippen molar-refractivity contribution in [3.05, 3.63) is 29.8 Å². The van der Waals surface area contributed by atoms with Crippen LogP contribution in [0.3, 0.4) is 0 Å². The summed E-state index contributed by atoms with van der Waals surface area (Å²) in [6.07, 6.45) is 7.77. The van der Waals surface area contributed by atoms with Crippen molar-refractivity contribution in [3.63, 3.8) is 0 Å². The lowest BCUT2D eigenvalue weighted by Crippen LogP contribution is -2.45. The first-order valence-electron chi connectivity index (χ1n) is 11.7. The van der Waals surface area contributed by atoms with Gasteiger partial charge in [-0.15, -0.1) is 24.0 Å². The van der Waals surface area contributed by atoms with E-state index in [1.165, 1.54) is 30.5 Å². The Morgan fingerprint density at radius 1 is 1.13 bits per heavy atom. The Kier molecular flexibility index (Phi) is 10.9. The van der Waals surface area contributed by atoms with Gasteiger partial charge in [-0.25, -0.2) is 0 Å². The standard InChI is InChI=1S/C24H39N5O.HI/c1-4-25-24(26-16-14-19-10-12-22(13-11-19)28(2)3)27-21-15-17-29(18-21)23(30)20-8-6-5-7-9-20;/h10-13,20-21H,4-9,14-18H2,1-3H3,(H2,25,26,27);1H. The van der Waals surface area contributed by atoms with Crippen LogP contribution >= 0.6 is 24.0 Å². The fourth-order valence-corrected chi connectivity index (χ4v) is 4.46. The number of hydrogen-bond donors (Lipinski definition) is 2. The predicted octanol–water partition coefficient (Wildman–Crippen LogP) is 3.65. The van der Waals surface area contributed by atoms with Gasteiger partial charge in [0.2, 0.25) is 5.91 Å². The molecule has 1 aromatic rings. The molecule has 1 aliphatic heterocycles. The number of nitrogens with zero attached hydrogens (tertiary/aromatic N) is 3. The third kappa shape index (κ3) is 7.84. The molecule has 1 unspecified atom stereocenters. The Labute approximate surface area is 205 Å². The van der Waals surface area contributed by atoms with Gasteiger partial charge in [0.15, 0.2) is 5.96 Å². The van der Waals surface area contributed by atoms with Crippen LogP contribution in [0.2, 0.25) is 0 Å². The number of rotatable bonds is 7. The van der Waals surface area contributed by atoms with E-state index >= 15 is 0 Å². The molecule has 1 saturated carbocycles. The maximum Gasteiger partial charge on any atom is 0.225 e. The number of carbonyl (C=O) groups is 1. The molecule has 1 saturated heterocycles. The van der Waals surface area contributed by atoms with Crippen LogP contribution in [0.25, 0.3) is 0 Å². The molecule has 1 aliphatic carbocycles. The molecule has 1 atom stereocenters. The van der Waals surface area contributed by atoms with Gasteiger partial charge in [-0.1, -0.05) is 31.4 Å². The zero-order chi connectivity index (χ0) is 21.3. The molecule has 6 nitrogen and oxygen atoms in total.